The van der Waals surface area contributed by atoms with Crippen molar-refractivity contribution >= 4 is 23.6 Å². The lowest BCUT2D eigenvalue weighted by molar-refractivity contribution is -0.140. The lowest BCUT2D eigenvalue weighted by Gasteiger charge is -2.18. The summed E-state index contributed by atoms with van der Waals surface area (Å²) in [6.07, 6.45) is 0. The Morgan fingerprint density at radius 3 is 2.20 bits per heavy atom. The van der Waals surface area contributed by atoms with Crippen molar-refractivity contribution in [2.75, 3.05) is 5.75 Å². The van der Waals surface area contributed by atoms with E-state index in [0.717, 1.165) is 0 Å². The number of aliphatic carboxylic acids is 1. The van der Waals surface area contributed by atoms with Gasteiger partial charge in [0.05, 0.1) is 0 Å². The minimum absolute atomic E-state index is 0.305. The first-order valence-corrected chi connectivity index (χ1v) is 6.01. The summed E-state index contributed by atoms with van der Waals surface area (Å²) in [5, 5.41) is 11.6. The van der Waals surface area contributed by atoms with Gasteiger partial charge in [0, 0.05) is 17.9 Å². The Labute approximate surface area is 94.8 Å². The van der Waals surface area contributed by atoms with Gasteiger partial charge in [-0.15, -0.1) is 0 Å². The van der Waals surface area contributed by atoms with E-state index in [-0.39, 0.29) is 5.91 Å². The molecule has 0 aromatic carbocycles. The molecule has 0 bridgehead atoms. The van der Waals surface area contributed by atoms with E-state index in [4.69, 9.17) is 5.11 Å². The third-order valence-corrected chi connectivity index (χ3v) is 3.74. The van der Waals surface area contributed by atoms with E-state index in [9.17, 15) is 9.59 Å². The minimum atomic E-state index is -0.978. The molecule has 88 valence electrons. The maximum atomic E-state index is 10.8. The molecule has 5 heteroatoms. The number of hydrogen-bond donors (Lipinski definition) is 2. The number of carbonyl (C=O) groups is 2. The van der Waals surface area contributed by atoms with E-state index in [1.54, 1.807) is 11.8 Å². The summed E-state index contributed by atoms with van der Waals surface area (Å²) >= 11 is 1.57. The Bertz CT molecular complexity index is 231. The summed E-state index contributed by atoms with van der Waals surface area (Å²) < 4.78 is 0. The van der Waals surface area contributed by atoms with Gasteiger partial charge in [-0.1, -0.05) is 20.8 Å². The van der Waals surface area contributed by atoms with Crippen molar-refractivity contribution < 1.29 is 14.7 Å². The van der Waals surface area contributed by atoms with E-state index >= 15 is 0 Å². The van der Waals surface area contributed by atoms with Crippen molar-refractivity contribution in [3.63, 3.8) is 0 Å². The highest BCUT2D eigenvalue weighted by Crippen LogP contribution is 2.19. The molecule has 0 rings (SSSR count). The van der Waals surface area contributed by atoms with E-state index in [1.807, 2.05) is 0 Å². The van der Waals surface area contributed by atoms with Crippen molar-refractivity contribution in [2.45, 2.75) is 39.0 Å². The SMILES string of the molecule is CC(=O)NC(CSC(C)C(C)C)C(=O)O. The van der Waals surface area contributed by atoms with Crippen LogP contribution in [0.15, 0.2) is 0 Å². The molecule has 0 aliphatic heterocycles. The van der Waals surface area contributed by atoms with Crippen LogP contribution in [0.25, 0.3) is 0 Å². The Morgan fingerprint density at radius 1 is 1.33 bits per heavy atom. The first-order valence-electron chi connectivity index (χ1n) is 4.96. The van der Waals surface area contributed by atoms with Crippen LogP contribution in [0.2, 0.25) is 0 Å². The molecule has 0 aliphatic rings. The zero-order chi connectivity index (χ0) is 12.0. The summed E-state index contributed by atoms with van der Waals surface area (Å²) in [5.74, 6) is -0.371. The van der Waals surface area contributed by atoms with Gasteiger partial charge in [0.25, 0.3) is 0 Å². The first kappa shape index (κ1) is 14.3. The fourth-order valence-corrected chi connectivity index (χ4v) is 1.97. The molecule has 2 atom stereocenters. The molecule has 0 aliphatic carbocycles. The molecule has 0 aromatic heterocycles. The van der Waals surface area contributed by atoms with Gasteiger partial charge in [-0.05, 0) is 5.92 Å². The topological polar surface area (TPSA) is 66.4 Å². The second kappa shape index (κ2) is 6.71. The van der Waals surface area contributed by atoms with Crippen LogP contribution in [0.5, 0.6) is 0 Å². The highest BCUT2D eigenvalue weighted by Gasteiger charge is 2.20. The molecule has 0 spiro atoms. The molecule has 1 amide bonds. The maximum Gasteiger partial charge on any atom is 0.327 e. The number of carboxylic acid groups (broad SMARTS) is 1. The van der Waals surface area contributed by atoms with Crippen molar-refractivity contribution in [1.29, 1.82) is 0 Å². The van der Waals surface area contributed by atoms with Crippen LogP contribution in [-0.4, -0.2) is 34.0 Å². The van der Waals surface area contributed by atoms with Gasteiger partial charge in [0.15, 0.2) is 0 Å². The van der Waals surface area contributed by atoms with E-state index < -0.39 is 12.0 Å². The quantitative estimate of drug-likeness (QED) is 0.727. The molecular formula is C10H19NO3S. The van der Waals surface area contributed by atoms with Gasteiger partial charge in [-0.2, -0.15) is 11.8 Å². The summed E-state index contributed by atoms with van der Waals surface area (Å²) in [7, 11) is 0. The average Bonchev–Trinajstić information content (AvgIpc) is 2.10. The number of carbonyl (C=O) groups excluding carboxylic acids is 1. The highest BCUT2D eigenvalue weighted by atomic mass is 32.2. The van der Waals surface area contributed by atoms with Crippen molar-refractivity contribution in [3.05, 3.63) is 0 Å². The van der Waals surface area contributed by atoms with Gasteiger partial charge < -0.3 is 10.4 Å². The summed E-state index contributed by atoms with van der Waals surface area (Å²) in [5.41, 5.74) is 0. The molecule has 15 heavy (non-hydrogen) atoms. The van der Waals surface area contributed by atoms with Gasteiger partial charge in [-0.3, -0.25) is 4.79 Å². The summed E-state index contributed by atoms with van der Waals surface area (Å²) in [6.45, 7) is 7.56. The van der Waals surface area contributed by atoms with E-state index in [2.05, 4.69) is 26.1 Å². The third-order valence-electron chi connectivity index (χ3n) is 2.14. The zero-order valence-corrected chi connectivity index (χ0v) is 10.4. The number of rotatable bonds is 6. The number of carboxylic acids is 1. The predicted octanol–water partition coefficient (Wildman–Crippen LogP) is 1.35. The molecular weight excluding hydrogens is 214 g/mol. The molecule has 0 fully saturated rings. The zero-order valence-electron chi connectivity index (χ0n) is 9.61. The maximum absolute atomic E-state index is 10.8. The summed E-state index contributed by atoms with van der Waals surface area (Å²) in [6, 6.07) is -0.784. The Hall–Kier alpha value is -0.710. The largest absolute Gasteiger partial charge is 0.480 e. The second-order valence-corrected chi connectivity index (χ2v) is 5.28. The Kier molecular flexibility index (Phi) is 6.40. The van der Waals surface area contributed by atoms with Gasteiger partial charge in [0.1, 0.15) is 6.04 Å². The van der Waals surface area contributed by atoms with Gasteiger partial charge >= 0.3 is 5.97 Å². The standard InChI is InChI=1S/C10H19NO3S/c1-6(2)7(3)15-5-9(10(13)14)11-8(4)12/h6-7,9H,5H2,1-4H3,(H,11,12)(H,13,14). The third kappa shape index (κ3) is 6.38. The molecule has 0 heterocycles. The van der Waals surface area contributed by atoms with Gasteiger partial charge in [0.2, 0.25) is 5.91 Å². The van der Waals surface area contributed by atoms with Gasteiger partial charge in [-0.25, -0.2) is 4.79 Å². The molecule has 0 aromatic rings. The molecule has 0 saturated carbocycles. The monoisotopic (exact) mass is 233 g/mol. The normalized spacial score (nSPS) is 14.7. The number of nitrogens with one attached hydrogen (secondary N) is 1. The lowest BCUT2D eigenvalue weighted by Crippen LogP contribution is -2.41. The number of hydrogen-bond acceptors (Lipinski definition) is 3. The molecule has 0 radical (unpaired) electrons. The van der Waals surface area contributed by atoms with Crippen LogP contribution >= 0.6 is 11.8 Å². The van der Waals surface area contributed by atoms with Crippen LogP contribution in [0.3, 0.4) is 0 Å². The van der Waals surface area contributed by atoms with Crippen LogP contribution in [-0.2, 0) is 9.59 Å². The van der Waals surface area contributed by atoms with Crippen LogP contribution in [0.1, 0.15) is 27.7 Å². The predicted molar refractivity (Wildman–Crippen MR) is 62.0 cm³/mol. The minimum Gasteiger partial charge on any atom is -0.480 e. The van der Waals surface area contributed by atoms with Crippen molar-refractivity contribution in [1.82, 2.24) is 5.32 Å². The van der Waals surface area contributed by atoms with Crippen molar-refractivity contribution in [3.8, 4) is 0 Å². The fraction of sp³-hybridized carbons (Fsp3) is 0.800. The van der Waals surface area contributed by atoms with Crippen molar-refractivity contribution in [2.24, 2.45) is 5.92 Å². The number of amides is 1. The lowest BCUT2D eigenvalue weighted by atomic mass is 10.2. The molecule has 0 saturated heterocycles. The van der Waals surface area contributed by atoms with Crippen LogP contribution in [0, 0.1) is 5.92 Å². The number of thioether (sulfide) groups is 1. The molecule has 2 unspecified atom stereocenters. The molecule has 2 N–H and O–H groups in total. The average molecular weight is 233 g/mol. The summed E-state index contributed by atoms with van der Waals surface area (Å²) in [4.78, 5) is 21.5. The smallest absolute Gasteiger partial charge is 0.327 e. The Morgan fingerprint density at radius 2 is 1.87 bits per heavy atom. The van der Waals surface area contributed by atoms with Crippen LogP contribution < -0.4 is 5.32 Å². The highest BCUT2D eigenvalue weighted by molar-refractivity contribution is 7.99. The van der Waals surface area contributed by atoms with E-state index in [1.165, 1.54) is 6.92 Å². The first-order chi connectivity index (χ1) is 6.84. The van der Waals surface area contributed by atoms with Crippen LogP contribution in [0.4, 0.5) is 0 Å². The molecule has 4 nitrogen and oxygen atoms in total. The Balaban J connectivity index is 4.07. The van der Waals surface area contributed by atoms with E-state index in [0.29, 0.717) is 16.9 Å². The second-order valence-electron chi connectivity index (χ2n) is 3.87. The fourth-order valence-electron chi connectivity index (χ4n) is 0.861.